The van der Waals surface area contributed by atoms with Crippen molar-refractivity contribution >= 4 is 0 Å². The van der Waals surface area contributed by atoms with Crippen LogP contribution >= 0.6 is 0 Å². The lowest BCUT2D eigenvalue weighted by Crippen LogP contribution is -2.59. The summed E-state index contributed by atoms with van der Waals surface area (Å²) in [5.74, 6) is 4.28. The Morgan fingerprint density at radius 2 is 1.53 bits per heavy atom. The van der Waals surface area contributed by atoms with Gasteiger partial charge in [-0.2, -0.15) is 0 Å². The number of rotatable bonds is 1. The zero-order valence-corrected chi connectivity index (χ0v) is 10.9. The summed E-state index contributed by atoms with van der Waals surface area (Å²) in [6, 6.07) is 1.38. The summed E-state index contributed by atoms with van der Waals surface area (Å²) in [6.07, 6.45) is 10.3. The van der Waals surface area contributed by atoms with Crippen molar-refractivity contribution in [3.05, 3.63) is 0 Å². The van der Waals surface area contributed by atoms with E-state index in [2.05, 4.69) is 4.90 Å². The summed E-state index contributed by atoms with van der Waals surface area (Å²) in [5, 5.41) is 0. The largest absolute Gasteiger partial charge is 0.327 e. The Morgan fingerprint density at radius 3 is 2.12 bits per heavy atom. The predicted molar refractivity (Wildman–Crippen MR) is 69.6 cm³/mol. The molecule has 5 rings (SSSR count). The molecule has 1 heterocycles. The van der Waals surface area contributed by atoms with Gasteiger partial charge in [0.25, 0.3) is 0 Å². The Kier molecular flexibility index (Phi) is 2.52. The molecule has 0 amide bonds. The number of hydrogen-bond acceptors (Lipinski definition) is 2. The fourth-order valence-corrected chi connectivity index (χ4v) is 5.80. The summed E-state index contributed by atoms with van der Waals surface area (Å²) in [5.41, 5.74) is 6.18. The van der Waals surface area contributed by atoms with Gasteiger partial charge < -0.3 is 5.73 Å². The lowest BCUT2D eigenvalue weighted by Gasteiger charge is -2.58. The molecule has 0 spiro atoms. The average Bonchev–Trinajstić information content (AvgIpc) is 2.27. The SMILES string of the molecule is NC1CCCN(C2C3CC4CC(C3)CC2C4)C1. The van der Waals surface area contributed by atoms with Crippen LogP contribution in [0.2, 0.25) is 0 Å². The predicted octanol–water partition coefficient (Wildman–Crippen LogP) is 2.23. The van der Waals surface area contributed by atoms with Crippen molar-refractivity contribution in [3.63, 3.8) is 0 Å². The van der Waals surface area contributed by atoms with E-state index in [1.807, 2.05) is 0 Å². The normalized spacial score (nSPS) is 54.2. The molecule has 0 aromatic rings. The van der Waals surface area contributed by atoms with Gasteiger partial charge in [-0.1, -0.05) is 0 Å². The van der Waals surface area contributed by atoms with Crippen LogP contribution in [-0.4, -0.2) is 30.1 Å². The van der Waals surface area contributed by atoms with Crippen molar-refractivity contribution in [1.82, 2.24) is 4.90 Å². The highest BCUT2D eigenvalue weighted by molar-refractivity contribution is 5.03. The smallest absolute Gasteiger partial charge is 0.0168 e. The van der Waals surface area contributed by atoms with Crippen molar-refractivity contribution in [2.24, 2.45) is 29.4 Å². The second-order valence-electron chi connectivity index (χ2n) is 7.32. The number of hydrogen-bond donors (Lipinski definition) is 1. The Balaban J connectivity index is 1.53. The fourth-order valence-electron chi connectivity index (χ4n) is 5.80. The Hall–Kier alpha value is -0.0800. The van der Waals surface area contributed by atoms with Gasteiger partial charge in [0.15, 0.2) is 0 Å². The van der Waals surface area contributed by atoms with Gasteiger partial charge in [0.1, 0.15) is 0 Å². The third kappa shape index (κ3) is 1.76. The molecule has 4 saturated carbocycles. The van der Waals surface area contributed by atoms with Crippen molar-refractivity contribution in [3.8, 4) is 0 Å². The molecule has 1 saturated heterocycles. The summed E-state index contributed by atoms with van der Waals surface area (Å²) in [7, 11) is 0. The van der Waals surface area contributed by atoms with E-state index in [-0.39, 0.29) is 0 Å². The van der Waals surface area contributed by atoms with Crippen LogP contribution in [0.1, 0.15) is 44.9 Å². The first kappa shape index (κ1) is 10.8. The van der Waals surface area contributed by atoms with E-state index in [9.17, 15) is 0 Å². The summed E-state index contributed by atoms with van der Waals surface area (Å²) >= 11 is 0. The monoisotopic (exact) mass is 234 g/mol. The molecule has 96 valence electrons. The molecule has 1 aliphatic heterocycles. The Labute approximate surface area is 105 Å². The minimum absolute atomic E-state index is 0.459. The van der Waals surface area contributed by atoms with Crippen LogP contribution < -0.4 is 5.73 Å². The summed E-state index contributed by atoms with van der Waals surface area (Å²) in [6.45, 7) is 2.52. The van der Waals surface area contributed by atoms with Crippen LogP contribution in [0.3, 0.4) is 0 Å². The van der Waals surface area contributed by atoms with Gasteiger partial charge in [0, 0.05) is 18.6 Å². The molecule has 4 bridgehead atoms. The van der Waals surface area contributed by atoms with E-state index < -0.39 is 0 Å². The van der Waals surface area contributed by atoms with Crippen LogP contribution in [0, 0.1) is 23.7 Å². The van der Waals surface area contributed by atoms with Gasteiger partial charge in [-0.15, -0.1) is 0 Å². The molecule has 1 unspecified atom stereocenters. The van der Waals surface area contributed by atoms with Gasteiger partial charge >= 0.3 is 0 Å². The number of nitrogens with zero attached hydrogens (tertiary/aromatic N) is 1. The van der Waals surface area contributed by atoms with Gasteiger partial charge in [0.2, 0.25) is 0 Å². The van der Waals surface area contributed by atoms with Crippen LogP contribution in [0.4, 0.5) is 0 Å². The minimum Gasteiger partial charge on any atom is -0.327 e. The molecular formula is C15H26N2. The number of piperidine rings is 1. The molecule has 5 fully saturated rings. The molecule has 5 aliphatic rings. The maximum Gasteiger partial charge on any atom is 0.0168 e. The topological polar surface area (TPSA) is 29.3 Å². The molecule has 0 aromatic heterocycles. The highest BCUT2D eigenvalue weighted by Crippen LogP contribution is 2.55. The zero-order chi connectivity index (χ0) is 11.4. The highest BCUT2D eigenvalue weighted by atomic mass is 15.2. The zero-order valence-electron chi connectivity index (χ0n) is 10.9. The maximum absolute atomic E-state index is 6.18. The standard InChI is InChI=1S/C15H26N2/c16-14-2-1-3-17(9-14)15-12-5-10-4-11(7-12)8-13(15)6-10/h10-15H,1-9,16H2. The third-order valence-electron chi connectivity index (χ3n) is 6.09. The lowest BCUT2D eigenvalue weighted by molar-refractivity contribution is -0.0717. The van der Waals surface area contributed by atoms with Crippen LogP contribution in [0.25, 0.3) is 0 Å². The third-order valence-corrected chi connectivity index (χ3v) is 6.09. The fraction of sp³-hybridized carbons (Fsp3) is 1.00. The molecule has 2 N–H and O–H groups in total. The van der Waals surface area contributed by atoms with Gasteiger partial charge in [-0.25, -0.2) is 0 Å². The molecular weight excluding hydrogens is 208 g/mol. The minimum atomic E-state index is 0.459. The van der Waals surface area contributed by atoms with Crippen LogP contribution in [0.5, 0.6) is 0 Å². The van der Waals surface area contributed by atoms with E-state index in [1.54, 1.807) is 32.1 Å². The second-order valence-corrected chi connectivity index (χ2v) is 7.32. The first-order valence-electron chi connectivity index (χ1n) is 7.79. The van der Waals surface area contributed by atoms with Gasteiger partial charge in [0.05, 0.1) is 0 Å². The Morgan fingerprint density at radius 1 is 0.882 bits per heavy atom. The highest BCUT2D eigenvalue weighted by Gasteiger charge is 2.50. The van der Waals surface area contributed by atoms with Gasteiger partial charge in [-0.3, -0.25) is 4.90 Å². The van der Waals surface area contributed by atoms with Gasteiger partial charge in [-0.05, 0) is 75.2 Å². The first-order chi connectivity index (χ1) is 8.29. The van der Waals surface area contributed by atoms with Crippen LogP contribution in [-0.2, 0) is 0 Å². The number of likely N-dealkylation sites (tertiary alicyclic amines) is 1. The molecule has 17 heavy (non-hydrogen) atoms. The van der Waals surface area contributed by atoms with E-state index in [1.165, 1.54) is 25.9 Å². The average molecular weight is 234 g/mol. The first-order valence-corrected chi connectivity index (χ1v) is 7.79. The van der Waals surface area contributed by atoms with E-state index >= 15 is 0 Å². The summed E-state index contributed by atoms with van der Waals surface area (Å²) < 4.78 is 0. The lowest BCUT2D eigenvalue weighted by atomic mass is 9.53. The van der Waals surface area contributed by atoms with Crippen molar-refractivity contribution in [1.29, 1.82) is 0 Å². The molecule has 0 aromatic carbocycles. The van der Waals surface area contributed by atoms with E-state index in [4.69, 9.17) is 5.73 Å². The summed E-state index contributed by atoms with van der Waals surface area (Å²) in [4.78, 5) is 2.79. The van der Waals surface area contributed by atoms with E-state index in [0.29, 0.717) is 6.04 Å². The second kappa shape index (κ2) is 3.96. The van der Waals surface area contributed by atoms with Crippen molar-refractivity contribution in [2.45, 2.75) is 57.0 Å². The molecule has 0 radical (unpaired) electrons. The van der Waals surface area contributed by atoms with E-state index in [0.717, 1.165) is 29.7 Å². The van der Waals surface area contributed by atoms with Crippen molar-refractivity contribution in [2.75, 3.05) is 13.1 Å². The Bertz CT molecular complexity index is 273. The molecule has 2 nitrogen and oxygen atoms in total. The molecule has 2 heteroatoms. The molecule has 1 atom stereocenters. The molecule has 4 aliphatic carbocycles. The quantitative estimate of drug-likeness (QED) is 0.754. The number of nitrogens with two attached hydrogens (primary N) is 1. The maximum atomic E-state index is 6.18. The van der Waals surface area contributed by atoms with Crippen LogP contribution in [0.15, 0.2) is 0 Å². The van der Waals surface area contributed by atoms with Crippen molar-refractivity contribution < 1.29 is 0 Å².